The summed E-state index contributed by atoms with van der Waals surface area (Å²) in [7, 11) is 1.94. The van der Waals surface area contributed by atoms with Gasteiger partial charge in [-0.3, -0.25) is 14.4 Å². The van der Waals surface area contributed by atoms with Gasteiger partial charge in [0.05, 0.1) is 23.5 Å². The van der Waals surface area contributed by atoms with Crippen LogP contribution in [0.1, 0.15) is 47.4 Å². The van der Waals surface area contributed by atoms with Crippen LogP contribution >= 0.6 is 0 Å². The van der Waals surface area contributed by atoms with Gasteiger partial charge < -0.3 is 11.1 Å². The molecule has 1 amide bonds. The number of carbonyl (C=O) groups is 1. The highest BCUT2D eigenvalue weighted by Gasteiger charge is 2.34. The van der Waals surface area contributed by atoms with E-state index in [1.54, 1.807) is 6.20 Å². The molecule has 2 aromatic carbocycles. The number of benzene rings is 2. The lowest BCUT2D eigenvalue weighted by molar-refractivity contribution is -0.137. The number of nitrogens with one attached hydrogen (secondary N) is 3. The number of primary amides is 1. The molecule has 0 radical (unpaired) electrons. The van der Waals surface area contributed by atoms with E-state index in [9.17, 15) is 13.2 Å². The van der Waals surface area contributed by atoms with Crippen molar-refractivity contribution in [1.29, 1.82) is 0 Å². The minimum Gasteiger partial charge on any atom is -0.382 e. The number of anilines is 1. The second-order valence-corrected chi connectivity index (χ2v) is 8.80. The lowest BCUT2D eigenvalue weighted by Crippen LogP contribution is -2.53. The highest BCUT2D eigenvalue weighted by molar-refractivity contribution is 5.46. The van der Waals surface area contributed by atoms with E-state index in [0.717, 1.165) is 49.4 Å². The van der Waals surface area contributed by atoms with E-state index in [0.29, 0.717) is 0 Å². The lowest BCUT2D eigenvalue weighted by atomic mass is 9.93. The molecule has 0 bridgehead atoms. The number of fused-ring (bicyclic) bond motifs is 1. The first kappa shape index (κ1) is 25.7. The van der Waals surface area contributed by atoms with Crippen molar-refractivity contribution in [2.75, 3.05) is 18.4 Å². The molecule has 11 heteroatoms. The summed E-state index contributed by atoms with van der Waals surface area (Å²) in [6.07, 6.45) is -0.381. The Hall–Kier alpha value is -3.41. The summed E-state index contributed by atoms with van der Waals surface area (Å²) in [5.74, 6) is 0. The normalized spacial score (nSPS) is 20.7. The van der Waals surface area contributed by atoms with Gasteiger partial charge in [-0.15, -0.1) is 0 Å². The van der Waals surface area contributed by atoms with E-state index in [-0.39, 0.29) is 24.7 Å². The third-order valence-electron chi connectivity index (χ3n) is 6.60. The van der Waals surface area contributed by atoms with Gasteiger partial charge in [0, 0.05) is 38.1 Å². The maximum absolute atomic E-state index is 12.8. The number of nitrogens with two attached hydrogens (primary N) is 1. The monoisotopic (exact) mass is 501 g/mol. The minimum absolute atomic E-state index is 0.0174. The van der Waals surface area contributed by atoms with E-state index >= 15 is 0 Å². The maximum Gasteiger partial charge on any atom is 0.416 e. The highest BCUT2D eigenvalue weighted by Crippen LogP contribution is 2.35. The third-order valence-corrected chi connectivity index (χ3v) is 6.60. The van der Waals surface area contributed by atoms with Crippen molar-refractivity contribution in [3.05, 3.63) is 83.2 Å². The zero-order valence-corrected chi connectivity index (χ0v) is 19.9. The molecule has 1 saturated heterocycles. The SMILES string of the molecule is Cn1nccc1C1NNC(N2CCC(Nc3ccc(C(F)(F)F)cc3)CC2)c2ccccc21.NC=O. The molecule has 3 heterocycles. The van der Waals surface area contributed by atoms with Crippen LogP contribution in [0.25, 0.3) is 0 Å². The van der Waals surface area contributed by atoms with Crippen molar-refractivity contribution in [3.63, 3.8) is 0 Å². The number of hydrogen-bond acceptors (Lipinski definition) is 6. The minimum atomic E-state index is -4.31. The number of alkyl halides is 3. The number of rotatable bonds is 4. The summed E-state index contributed by atoms with van der Waals surface area (Å²) in [6, 6.07) is 16.0. The molecule has 8 nitrogen and oxygen atoms in total. The molecule has 3 aromatic rings. The van der Waals surface area contributed by atoms with Crippen molar-refractivity contribution in [3.8, 4) is 0 Å². The molecule has 5 N–H and O–H groups in total. The van der Waals surface area contributed by atoms with Crippen LogP contribution in [0, 0.1) is 0 Å². The van der Waals surface area contributed by atoms with Gasteiger partial charge in [-0.2, -0.15) is 18.3 Å². The fourth-order valence-electron chi connectivity index (χ4n) is 4.82. The Morgan fingerprint density at radius 1 is 1.03 bits per heavy atom. The van der Waals surface area contributed by atoms with Gasteiger partial charge in [0.25, 0.3) is 0 Å². The summed E-state index contributed by atoms with van der Waals surface area (Å²) in [5.41, 5.74) is 14.8. The standard InChI is InChI=1S/C24H27F3N6.CH3NO/c1-32-21(10-13-28-32)22-19-4-2-3-5-20(19)23(31-30-22)33-14-11-18(12-15-33)29-17-8-6-16(7-9-17)24(25,26)27;2-1-3/h2-10,13,18,22-23,29-31H,11-12,14-15H2,1H3;1H,(H2,2,3). The average Bonchev–Trinajstić information content (AvgIpc) is 3.30. The molecule has 192 valence electrons. The van der Waals surface area contributed by atoms with Crippen LogP contribution in [0.2, 0.25) is 0 Å². The van der Waals surface area contributed by atoms with E-state index in [1.807, 2.05) is 17.8 Å². The van der Waals surface area contributed by atoms with Gasteiger partial charge >= 0.3 is 6.18 Å². The number of carbonyl (C=O) groups excluding carboxylic acids is 1. The van der Waals surface area contributed by atoms with Crippen LogP contribution in [0.5, 0.6) is 0 Å². The van der Waals surface area contributed by atoms with Crippen LogP contribution in [0.15, 0.2) is 60.8 Å². The first-order valence-electron chi connectivity index (χ1n) is 11.7. The topological polar surface area (TPSA) is 100 Å². The van der Waals surface area contributed by atoms with E-state index in [1.165, 1.54) is 23.3 Å². The molecule has 1 aromatic heterocycles. The average molecular weight is 502 g/mol. The Kier molecular flexibility index (Phi) is 7.92. The number of hydrazine groups is 1. The fourth-order valence-corrected chi connectivity index (χ4v) is 4.82. The number of aromatic nitrogens is 2. The van der Waals surface area contributed by atoms with Crippen LogP contribution in [0.3, 0.4) is 0 Å². The number of piperidine rings is 1. The Labute approximate surface area is 207 Å². The molecular weight excluding hydrogens is 471 g/mol. The summed E-state index contributed by atoms with van der Waals surface area (Å²) < 4.78 is 40.2. The predicted octanol–water partition coefficient (Wildman–Crippen LogP) is 3.31. The summed E-state index contributed by atoms with van der Waals surface area (Å²) in [6.45, 7) is 1.75. The zero-order chi connectivity index (χ0) is 25.7. The van der Waals surface area contributed by atoms with Gasteiger partial charge in [0.2, 0.25) is 6.41 Å². The zero-order valence-electron chi connectivity index (χ0n) is 19.9. The first-order valence-corrected chi connectivity index (χ1v) is 11.7. The van der Waals surface area contributed by atoms with Gasteiger partial charge in [0.1, 0.15) is 0 Å². The van der Waals surface area contributed by atoms with Crippen molar-refractivity contribution in [1.82, 2.24) is 25.5 Å². The largest absolute Gasteiger partial charge is 0.416 e. The van der Waals surface area contributed by atoms with Crippen molar-refractivity contribution in [2.24, 2.45) is 12.8 Å². The molecular formula is C25H30F3N7O. The Morgan fingerprint density at radius 2 is 1.67 bits per heavy atom. The predicted molar refractivity (Wildman–Crippen MR) is 130 cm³/mol. The van der Waals surface area contributed by atoms with Crippen LogP contribution < -0.4 is 21.9 Å². The summed E-state index contributed by atoms with van der Waals surface area (Å²) >= 11 is 0. The maximum atomic E-state index is 12.8. The van der Waals surface area contributed by atoms with Gasteiger partial charge in [-0.25, -0.2) is 10.9 Å². The molecule has 0 spiro atoms. The quantitative estimate of drug-likeness (QED) is 0.410. The smallest absolute Gasteiger partial charge is 0.382 e. The van der Waals surface area contributed by atoms with Gasteiger partial charge in [-0.05, 0) is 54.3 Å². The Morgan fingerprint density at radius 3 is 2.25 bits per heavy atom. The second-order valence-electron chi connectivity index (χ2n) is 8.80. The highest BCUT2D eigenvalue weighted by atomic mass is 19.4. The van der Waals surface area contributed by atoms with Crippen LogP contribution in [-0.4, -0.2) is 40.2 Å². The molecule has 0 aliphatic carbocycles. The molecule has 1 fully saturated rings. The van der Waals surface area contributed by atoms with Gasteiger partial charge in [0.15, 0.2) is 0 Å². The number of likely N-dealkylation sites (tertiary alicyclic amines) is 1. The number of halogens is 3. The van der Waals surface area contributed by atoms with Crippen molar-refractivity contribution >= 4 is 12.1 Å². The second kappa shape index (κ2) is 11.1. The van der Waals surface area contributed by atoms with Crippen LogP contribution in [0.4, 0.5) is 18.9 Å². The molecule has 36 heavy (non-hydrogen) atoms. The number of hydrogen-bond donors (Lipinski definition) is 4. The lowest BCUT2D eigenvalue weighted by Gasteiger charge is -2.43. The molecule has 0 saturated carbocycles. The van der Waals surface area contributed by atoms with E-state index < -0.39 is 11.7 Å². The summed E-state index contributed by atoms with van der Waals surface area (Å²) in [5, 5.41) is 7.70. The van der Waals surface area contributed by atoms with Gasteiger partial charge in [-0.1, -0.05) is 24.3 Å². The summed E-state index contributed by atoms with van der Waals surface area (Å²) in [4.78, 5) is 11.0. The van der Waals surface area contributed by atoms with Crippen LogP contribution in [-0.2, 0) is 18.0 Å². The van der Waals surface area contributed by atoms with E-state index in [4.69, 9.17) is 4.79 Å². The molecule has 2 atom stereocenters. The van der Waals surface area contributed by atoms with Crippen molar-refractivity contribution < 1.29 is 18.0 Å². The Bertz CT molecular complexity index is 1140. The molecule has 5 rings (SSSR count). The van der Waals surface area contributed by atoms with Crippen molar-refractivity contribution in [2.45, 2.75) is 37.3 Å². The first-order chi connectivity index (χ1) is 17.3. The number of nitrogens with zero attached hydrogens (tertiary/aromatic N) is 3. The Balaban J connectivity index is 0.000000967. The molecule has 2 aliphatic heterocycles. The number of amides is 1. The molecule has 2 aliphatic rings. The fraction of sp³-hybridized carbons (Fsp3) is 0.360. The van der Waals surface area contributed by atoms with E-state index in [2.05, 4.69) is 56.2 Å². The number of aryl methyl sites for hydroxylation is 1. The third kappa shape index (κ3) is 5.69. The molecule has 2 unspecified atom stereocenters.